The topological polar surface area (TPSA) is 66.8 Å². The Hall–Kier alpha value is -1.88. The molecule has 5 heteroatoms. The maximum atomic E-state index is 12.4. The predicted molar refractivity (Wildman–Crippen MR) is 89.9 cm³/mol. The Morgan fingerprint density at radius 1 is 1.25 bits per heavy atom. The molecular formula is C19H25NO4. The van der Waals surface area contributed by atoms with Gasteiger partial charge in [-0.3, -0.25) is 4.79 Å². The van der Waals surface area contributed by atoms with Crippen molar-refractivity contribution in [2.45, 2.75) is 38.7 Å². The summed E-state index contributed by atoms with van der Waals surface area (Å²) in [6, 6.07) is 7.22. The molecule has 0 aromatic heterocycles. The highest BCUT2D eigenvalue weighted by molar-refractivity contribution is 5.89. The van der Waals surface area contributed by atoms with Crippen LogP contribution >= 0.6 is 0 Å². The number of hydrogen-bond acceptors (Lipinski definition) is 3. The molecule has 24 heavy (non-hydrogen) atoms. The molecule has 5 nitrogen and oxygen atoms in total. The lowest BCUT2D eigenvalue weighted by molar-refractivity contribution is -0.135. The van der Waals surface area contributed by atoms with Crippen molar-refractivity contribution in [2.24, 2.45) is 11.8 Å². The lowest BCUT2D eigenvalue weighted by Crippen LogP contribution is -2.40. The first-order valence-electron chi connectivity index (χ1n) is 8.81. The molecule has 2 fully saturated rings. The second-order valence-electron chi connectivity index (χ2n) is 6.77. The lowest BCUT2D eigenvalue weighted by Gasteiger charge is -2.32. The van der Waals surface area contributed by atoms with Gasteiger partial charge >= 0.3 is 5.97 Å². The number of nitrogens with zero attached hydrogens (tertiary/aromatic N) is 1. The van der Waals surface area contributed by atoms with Crippen molar-refractivity contribution < 1.29 is 19.4 Å². The number of carbonyl (C=O) groups excluding carboxylic acids is 1. The first kappa shape index (κ1) is 17.0. The molecule has 1 aromatic rings. The molecular weight excluding hydrogens is 306 g/mol. The van der Waals surface area contributed by atoms with Gasteiger partial charge in [0.1, 0.15) is 0 Å². The Kier molecular flexibility index (Phi) is 5.19. The largest absolute Gasteiger partial charge is 0.478 e. The van der Waals surface area contributed by atoms with Crippen molar-refractivity contribution in [3.8, 4) is 0 Å². The summed E-state index contributed by atoms with van der Waals surface area (Å²) in [7, 11) is 0. The SMILES string of the molecule is CCOC1CC1C(=O)N1CCC(Cc2ccccc2C(=O)O)CC1. The van der Waals surface area contributed by atoms with E-state index in [1.165, 1.54) is 0 Å². The van der Waals surface area contributed by atoms with E-state index in [9.17, 15) is 14.7 Å². The van der Waals surface area contributed by atoms with Gasteiger partial charge in [0.2, 0.25) is 5.91 Å². The molecule has 0 radical (unpaired) electrons. The van der Waals surface area contributed by atoms with Crippen LogP contribution in [0.1, 0.15) is 42.1 Å². The maximum absolute atomic E-state index is 12.4. The summed E-state index contributed by atoms with van der Waals surface area (Å²) in [5.74, 6) is -0.127. The van der Waals surface area contributed by atoms with Crippen LogP contribution < -0.4 is 0 Å². The van der Waals surface area contributed by atoms with E-state index >= 15 is 0 Å². The number of carboxylic acids is 1. The van der Waals surface area contributed by atoms with Crippen LogP contribution in [0.25, 0.3) is 0 Å². The Bertz CT molecular complexity index is 607. The highest BCUT2D eigenvalue weighted by Gasteiger charge is 2.46. The molecule has 2 atom stereocenters. The van der Waals surface area contributed by atoms with Crippen LogP contribution in [0.15, 0.2) is 24.3 Å². The number of likely N-dealkylation sites (tertiary alicyclic amines) is 1. The van der Waals surface area contributed by atoms with Gasteiger partial charge in [-0.1, -0.05) is 18.2 Å². The average molecular weight is 331 g/mol. The Balaban J connectivity index is 1.51. The number of carboxylic acid groups (broad SMARTS) is 1. The van der Waals surface area contributed by atoms with Crippen molar-refractivity contribution >= 4 is 11.9 Å². The van der Waals surface area contributed by atoms with Gasteiger partial charge in [0, 0.05) is 19.7 Å². The molecule has 0 bridgehead atoms. The Morgan fingerprint density at radius 3 is 2.62 bits per heavy atom. The van der Waals surface area contributed by atoms with Crippen LogP contribution in [0.5, 0.6) is 0 Å². The zero-order valence-corrected chi connectivity index (χ0v) is 14.1. The summed E-state index contributed by atoms with van der Waals surface area (Å²) in [5, 5.41) is 9.28. The highest BCUT2D eigenvalue weighted by Crippen LogP contribution is 2.36. The third-order valence-corrected chi connectivity index (χ3v) is 5.11. The maximum Gasteiger partial charge on any atom is 0.335 e. The second-order valence-corrected chi connectivity index (χ2v) is 6.77. The van der Waals surface area contributed by atoms with Gasteiger partial charge in [0.05, 0.1) is 17.6 Å². The first-order valence-corrected chi connectivity index (χ1v) is 8.81. The van der Waals surface area contributed by atoms with Crippen molar-refractivity contribution in [3.05, 3.63) is 35.4 Å². The summed E-state index contributed by atoms with van der Waals surface area (Å²) in [5.41, 5.74) is 1.29. The molecule has 1 aliphatic carbocycles. The molecule has 3 rings (SSSR count). The molecule has 1 amide bonds. The van der Waals surface area contributed by atoms with E-state index in [1.54, 1.807) is 12.1 Å². The predicted octanol–water partition coefficient (Wildman–Crippen LogP) is 2.59. The van der Waals surface area contributed by atoms with Crippen LogP contribution in [0.2, 0.25) is 0 Å². The minimum Gasteiger partial charge on any atom is -0.478 e. The van der Waals surface area contributed by atoms with E-state index in [1.807, 2.05) is 24.0 Å². The minimum atomic E-state index is -0.867. The number of hydrogen-bond donors (Lipinski definition) is 1. The lowest BCUT2D eigenvalue weighted by atomic mass is 9.88. The van der Waals surface area contributed by atoms with E-state index in [0.717, 1.165) is 44.3 Å². The zero-order valence-electron chi connectivity index (χ0n) is 14.1. The van der Waals surface area contributed by atoms with Gasteiger partial charge in [-0.15, -0.1) is 0 Å². The number of rotatable bonds is 6. The molecule has 1 N–H and O–H groups in total. The average Bonchev–Trinajstić information content (AvgIpc) is 3.35. The van der Waals surface area contributed by atoms with E-state index < -0.39 is 5.97 Å². The van der Waals surface area contributed by atoms with Crippen molar-refractivity contribution in [1.29, 1.82) is 0 Å². The fourth-order valence-electron chi connectivity index (χ4n) is 3.64. The molecule has 1 aliphatic heterocycles. The third kappa shape index (κ3) is 3.78. The van der Waals surface area contributed by atoms with E-state index in [-0.39, 0.29) is 17.9 Å². The Morgan fingerprint density at radius 2 is 1.96 bits per heavy atom. The molecule has 1 saturated carbocycles. The normalized spacial score (nSPS) is 24.0. The van der Waals surface area contributed by atoms with Crippen LogP contribution in [0.4, 0.5) is 0 Å². The quantitative estimate of drug-likeness (QED) is 0.870. The monoisotopic (exact) mass is 331 g/mol. The van der Waals surface area contributed by atoms with Crippen molar-refractivity contribution in [1.82, 2.24) is 4.90 Å². The molecule has 1 aromatic carbocycles. The fourth-order valence-corrected chi connectivity index (χ4v) is 3.64. The van der Waals surface area contributed by atoms with Gasteiger partial charge in [-0.05, 0) is 50.2 Å². The number of carbonyl (C=O) groups is 2. The van der Waals surface area contributed by atoms with Gasteiger partial charge in [0.15, 0.2) is 0 Å². The Labute approximate surface area is 142 Å². The van der Waals surface area contributed by atoms with Crippen molar-refractivity contribution in [2.75, 3.05) is 19.7 Å². The summed E-state index contributed by atoms with van der Waals surface area (Å²) < 4.78 is 5.51. The smallest absolute Gasteiger partial charge is 0.335 e. The summed E-state index contributed by atoms with van der Waals surface area (Å²) in [6.45, 7) is 4.17. The highest BCUT2D eigenvalue weighted by atomic mass is 16.5. The van der Waals surface area contributed by atoms with Gasteiger partial charge < -0.3 is 14.7 Å². The summed E-state index contributed by atoms with van der Waals surface area (Å²) in [4.78, 5) is 25.7. The van der Waals surface area contributed by atoms with Crippen LogP contribution in [-0.2, 0) is 16.0 Å². The van der Waals surface area contributed by atoms with Gasteiger partial charge in [0.25, 0.3) is 0 Å². The first-order chi connectivity index (χ1) is 11.6. The van der Waals surface area contributed by atoms with Crippen LogP contribution in [0, 0.1) is 11.8 Å². The number of ether oxygens (including phenoxy) is 1. The zero-order chi connectivity index (χ0) is 17.1. The number of amides is 1. The fraction of sp³-hybridized carbons (Fsp3) is 0.579. The standard InChI is InChI=1S/C19H25NO4/c1-2-24-17-12-16(17)18(21)20-9-7-13(8-10-20)11-14-5-3-4-6-15(14)19(22)23/h3-6,13,16-17H,2,7-12H2,1H3,(H,22,23). The van der Waals surface area contributed by atoms with Crippen LogP contribution in [0.3, 0.4) is 0 Å². The molecule has 2 unspecified atom stereocenters. The van der Waals surface area contributed by atoms with Crippen molar-refractivity contribution in [3.63, 3.8) is 0 Å². The summed E-state index contributed by atoms with van der Waals surface area (Å²) in [6.07, 6.45) is 3.63. The molecule has 1 saturated heterocycles. The van der Waals surface area contributed by atoms with E-state index in [4.69, 9.17) is 4.74 Å². The second kappa shape index (κ2) is 7.34. The van der Waals surface area contributed by atoms with E-state index in [2.05, 4.69) is 0 Å². The van der Waals surface area contributed by atoms with E-state index in [0.29, 0.717) is 18.1 Å². The minimum absolute atomic E-state index is 0.0641. The number of aromatic carboxylic acids is 1. The van der Waals surface area contributed by atoms with Crippen LogP contribution in [-0.4, -0.2) is 47.7 Å². The van der Waals surface area contributed by atoms with Gasteiger partial charge in [-0.25, -0.2) is 4.79 Å². The molecule has 0 spiro atoms. The molecule has 2 aliphatic rings. The summed E-state index contributed by atoms with van der Waals surface area (Å²) >= 11 is 0. The van der Waals surface area contributed by atoms with Gasteiger partial charge in [-0.2, -0.15) is 0 Å². The molecule has 130 valence electrons. The molecule has 1 heterocycles. The third-order valence-electron chi connectivity index (χ3n) is 5.11. The number of piperidine rings is 1. The number of benzene rings is 1.